The van der Waals surface area contributed by atoms with Crippen LogP contribution in [0, 0.1) is 11.6 Å². The second kappa shape index (κ2) is 5.91. The van der Waals surface area contributed by atoms with E-state index >= 15 is 0 Å². The molecule has 2 nitrogen and oxygen atoms in total. The van der Waals surface area contributed by atoms with Gasteiger partial charge in [0, 0.05) is 23.9 Å². The van der Waals surface area contributed by atoms with E-state index in [1.54, 1.807) is 30.3 Å². The van der Waals surface area contributed by atoms with E-state index in [1.165, 1.54) is 12.3 Å². The summed E-state index contributed by atoms with van der Waals surface area (Å²) >= 11 is 0. The summed E-state index contributed by atoms with van der Waals surface area (Å²) in [6, 6.07) is 11.7. The van der Waals surface area contributed by atoms with Gasteiger partial charge in [0.2, 0.25) is 0 Å². The Bertz CT molecular complexity index is 609. The number of halogens is 2. The van der Waals surface area contributed by atoms with Crippen LogP contribution in [0.15, 0.2) is 60.8 Å². The normalized spacial score (nSPS) is 10.6. The minimum atomic E-state index is -0.585. The third-order valence-electron chi connectivity index (χ3n) is 2.46. The van der Waals surface area contributed by atoms with Gasteiger partial charge in [0.05, 0.1) is 5.69 Å². The maximum absolute atomic E-state index is 13.3. The fourth-order valence-electron chi connectivity index (χ4n) is 1.51. The molecule has 0 aliphatic heterocycles. The highest BCUT2D eigenvalue weighted by molar-refractivity contribution is 6.04. The first-order chi connectivity index (χ1) is 9.16. The Hall–Kier alpha value is -2.49. The van der Waals surface area contributed by atoms with Gasteiger partial charge in [-0.2, -0.15) is 0 Å². The number of rotatable bonds is 4. The molecule has 0 heterocycles. The Labute approximate surface area is 109 Å². The Morgan fingerprint density at radius 1 is 1.05 bits per heavy atom. The maximum atomic E-state index is 13.3. The standard InChI is InChI=1S/C15H11F2NO/c16-12-6-7-13(17)14(10-12)18-9-8-15(19)11-4-2-1-3-5-11/h1-10,18H/b9-8-. The maximum Gasteiger partial charge on any atom is 0.187 e. The van der Waals surface area contributed by atoms with Crippen molar-refractivity contribution in [1.82, 2.24) is 0 Å². The number of anilines is 1. The summed E-state index contributed by atoms with van der Waals surface area (Å²) in [7, 11) is 0. The Morgan fingerprint density at radius 2 is 1.79 bits per heavy atom. The highest BCUT2D eigenvalue weighted by Gasteiger charge is 2.02. The van der Waals surface area contributed by atoms with Gasteiger partial charge in [-0.15, -0.1) is 0 Å². The van der Waals surface area contributed by atoms with Crippen molar-refractivity contribution >= 4 is 11.5 Å². The monoisotopic (exact) mass is 259 g/mol. The first-order valence-corrected chi connectivity index (χ1v) is 5.64. The zero-order valence-corrected chi connectivity index (χ0v) is 9.94. The van der Waals surface area contributed by atoms with Crippen molar-refractivity contribution < 1.29 is 13.6 Å². The van der Waals surface area contributed by atoms with Crippen molar-refractivity contribution in [3.05, 3.63) is 78.0 Å². The third-order valence-corrected chi connectivity index (χ3v) is 2.46. The fraction of sp³-hybridized carbons (Fsp3) is 0. The molecule has 2 aromatic carbocycles. The highest BCUT2D eigenvalue weighted by Crippen LogP contribution is 2.15. The Balaban J connectivity index is 2.04. The van der Waals surface area contributed by atoms with Crippen molar-refractivity contribution in [3.8, 4) is 0 Å². The quantitative estimate of drug-likeness (QED) is 0.669. The molecule has 0 atom stereocenters. The molecule has 0 radical (unpaired) electrons. The van der Waals surface area contributed by atoms with Crippen LogP contribution in [0.2, 0.25) is 0 Å². The Morgan fingerprint density at radius 3 is 2.53 bits per heavy atom. The number of benzene rings is 2. The van der Waals surface area contributed by atoms with E-state index < -0.39 is 11.6 Å². The second-order valence-electron chi connectivity index (χ2n) is 3.83. The third kappa shape index (κ3) is 3.48. The van der Waals surface area contributed by atoms with Gasteiger partial charge < -0.3 is 5.32 Å². The van der Waals surface area contributed by atoms with Crippen LogP contribution in [0.1, 0.15) is 10.4 Å². The molecule has 4 heteroatoms. The van der Waals surface area contributed by atoms with Gasteiger partial charge in [-0.3, -0.25) is 4.79 Å². The van der Waals surface area contributed by atoms with Gasteiger partial charge in [0.15, 0.2) is 5.78 Å². The zero-order chi connectivity index (χ0) is 13.7. The van der Waals surface area contributed by atoms with Crippen molar-refractivity contribution in [2.45, 2.75) is 0 Å². The minimum absolute atomic E-state index is 0.0166. The van der Waals surface area contributed by atoms with E-state index in [9.17, 15) is 13.6 Å². The molecule has 0 amide bonds. The number of carbonyl (C=O) groups is 1. The number of nitrogens with one attached hydrogen (secondary N) is 1. The topological polar surface area (TPSA) is 29.1 Å². The number of carbonyl (C=O) groups excluding carboxylic acids is 1. The molecule has 0 aliphatic rings. The number of hydrogen-bond acceptors (Lipinski definition) is 2. The van der Waals surface area contributed by atoms with E-state index in [0.717, 1.165) is 18.2 Å². The molecule has 2 rings (SSSR count). The van der Waals surface area contributed by atoms with Crippen LogP contribution in [0.5, 0.6) is 0 Å². The summed E-state index contributed by atoms with van der Waals surface area (Å²) in [5.41, 5.74) is 0.511. The lowest BCUT2D eigenvalue weighted by molar-refractivity contribution is 0.104. The summed E-state index contributed by atoms with van der Waals surface area (Å²) in [6.45, 7) is 0. The molecule has 0 saturated carbocycles. The summed E-state index contributed by atoms with van der Waals surface area (Å²) in [4.78, 5) is 11.7. The van der Waals surface area contributed by atoms with Crippen molar-refractivity contribution in [1.29, 1.82) is 0 Å². The number of hydrogen-bond donors (Lipinski definition) is 1. The van der Waals surface area contributed by atoms with Crippen LogP contribution >= 0.6 is 0 Å². The zero-order valence-electron chi connectivity index (χ0n) is 9.94. The largest absolute Gasteiger partial charge is 0.359 e. The van der Waals surface area contributed by atoms with Crippen molar-refractivity contribution in [2.75, 3.05) is 5.32 Å². The van der Waals surface area contributed by atoms with E-state index in [-0.39, 0.29) is 11.5 Å². The summed E-state index contributed by atoms with van der Waals surface area (Å²) < 4.78 is 26.2. The molecule has 0 fully saturated rings. The van der Waals surface area contributed by atoms with Gasteiger partial charge in [0.25, 0.3) is 0 Å². The molecule has 0 bridgehead atoms. The van der Waals surface area contributed by atoms with Crippen LogP contribution in [0.4, 0.5) is 14.5 Å². The molecule has 0 aromatic heterocycles. The van der Waals surface area contributed by atoms with E-state index in [2.05, 4.69) is 5.32 Å². The molecule has 0 spiro atoms. The number of ketones is 1. The van der Waals surface area contributed by atoms with Crippen molar-refractivity contribution in [2.24, 2.45) is 0 Å². The lowest BCUT2D eigenvalue weighted by atomic mass is 10.1. The number of allylic oxidation sites excluding steroid dienone is 1. The van der Waals surface area contributed by atoms with E-state index in [0.29, 0.717) is 5.56 Å². The first-order valence-electron chi connectivity index (χ1n) is 5.64. The van der Waals surface area contributed by atoms with Crippen LogP contribution in [-0.4, -0.2) is 5.78 Å². The van der Waals surface area contributed by atoms with Crippen molar-refractivity contribution in [3.63, 3.8) is 0 Å². The summed E-state index contributed by atoms with van der Waals surface area (Å²) in [5.74, 6) is -1.35. The van der Waals surface area contributed by atoms with Gasteiger partial charge in [0.1, 0.15) is 11.6 Å². The van der Waals surface area contributed by atoms with Crippen LogP contribution in [-0.2, 0) is 0 Å². The molecule has 1 N–H and O–H groups in total. The Kier molecular flexibility index (Phi) is 4.03. The molecule has 0 aliphatic carbocycles. The molecule has 0 saturated heterocycles. The molecular formula is C15H11F2NO. The lowest BCUT2D eigenvalue weighted by Gasteiger charge is -2.02. The van der Waals surface area contributed by atoms with Gasteiger partial charge in [-0.1, -0.05) is 30.3 Å². The molecular weight excluding hydrogens is 248 g/mol. The predicted octanol–water partition coefficient (Wildman–Crippen LogP) is 3.77. The van der Waals surface area contributed by atoms with E-state index in [4.69, 9.17) is 0 Å². The summed E-state index contributed by atoms with van der Waals surface area (Å²) in [6.07, 6.45) is 2.55. The average Bonchev–Trinajstić information content (AvgIpc) is 2.43. The minimum Gasteiger partial charge on any atom is -0.359 e. The summed E-state index contributed by atoms with van der Waals surface area (Å²) in [5, 5.41) is 2.54. The predicted molar refractivity (Wildman–Crippen MR) is 69.9 cm³/mol. The molecule has 0 unspecified atom stereocenters. The van der Waals surface area contributed by atoms with Gasteiger partial charge in [-0.25, -0.2) is 8.78 Å². The van der Waals surface area contributed by atoms with Gasteiger partial charge in [-0.05, 0) is 12.1 Å². The fourth-order valence-corrected chi connectivity index (χ4v) is 1.51. The average molecular weight is 259 g/mol. The van der Waals surface area contributed by atoms with Gasteiger partial charge >= 0.3 is 0 Å². The highest BCUT2D eigenvalue weighted by atomic mass is 19.1. The van der Waals surface area contributed by atoms with Crippen LogP contribution < -0.4 is 5.32 Å². The smallest absolute Gasteiger partial charge is 0.187 e. The van der Waals surface area contributed by atoms with E-state index in [1.807, 2.05) is 0 Å². The van der Waals surface area contributed by atoms with Crippen LogP contribution in [0.25, 0.3) is 0 Å². The second-order valence-corrected chi connectivity index (χ2v) is 3.83. The molecule has 96 valence electrons. The first kappa shape index (κ1) is 13.0. The molecule has 2 aromatic rings. The molecule has 19 heavy (non-hydrogen) atoms. The lowest BCUT2D eigenvalue weighted by Crippen LogP contribution is -1.97. The van der Waals surface area contributed by atoms with Crippen LogP contribution in [0.3, 0.4) is 0 Å². The SMILES string of the molecule is O=C(/C=C\Nc1cc(F)ccc1F)c1ccccc1.